The molecule has 0 radical (unpaired) electrons. The van der Waals surface area contributed by atoms with Crippen molar-refractivity contribution in [1.29, 1.82) is 0 Å². The van der Waals surface area contributed by atoms with Crippen molar-refractivity contribution in [2.24, 2.45) is 0 Å². The van der Waals surface area contributed by atoms with Gasteiger partial charge in [-0.15, -0.1) is 0 Å². The van der Waals surface area contributed by atoms with Crippen LogP contribution < -0.4 is 5.32 Å². The highest BCUT2D eigenvalue weighted by atomic mass is 16.5. The van der Waals surface area contributed by atoms with E-state index in [0.717, 1.165) is 13.2 Å². The average Bonchev–Trinajstić information content (AvgIpc) is 2.37. The van der Waals surface area contributed by atoms with Gasteiger partial charge < -0.3 is 19.9 Å². The average molecular weight is 259 g/mol. The Morgan fingerprint density at radius 3 is 2.61 bits per heavy atom. The minimum atomic E-state index is -0.429. The summed E-state index contributed by atoms with van der Waals surface area (Å²) in [6.45, 7) is 6.45. The van der Waals surface area contributed by atoms with Gasteiger partial charge in [-0.3, -0.25) is 0 Å². The van der Waals surface area contributed by atoms with Crippen LogP contribution in [0.4, 0.5) is 0 Å². The number of ether oxygens (including phenoxy) is 2. The van der Waals surface area contributed by atoms with Crippen LogP contribution in [-0.2, 0) is 9.47 Å². The lowest BCUT2D eigenvalue weighted by molar-refractivity contribution is 0.00312. The standard InChI is InChI=1S/C14H29NO3/c1-12(2)18-11-13(16)10-15-8-9-17-14-6-4-3-5-7-14/h12-16H,3-11H2,1-2H3. The molecule has 1 aliphatic carbocycles. The molecule has 1 unspecified atom stereocenters. The van der Waals surface area contributed by atoms with E-state index in [0.29, 0.717) is 19.3 Å². The second-order valence-electron chi connectivity index (χ2n) is 5.37. The van der Waals surface area contributed by atoms with Crippen LogP contribution in [0.2, 0.25) is 0 Å². The summed E-state index contributed by atoms with van der Waals surface area (Å²) in [4.78, 5) is 0. The molecule has 4 heteroatoms. The van der Waals surface area contributed by atoms with E-state index in [1.54, 1.807) is 0 Å². The predicted molar refractivity (Wildman–Crippen MR) is 72.8 cm³/mol. The number of aliphatic hydroxyl groups is 1. The Hall–Kier alpha value is -0.160. The third-order valence-corrected chi connectivity index (χ3v) is 3.19. The van der Waals surface area contributed by atoms with E-state index < -0.39 is 6.10 Å². The van der Waals surface area contributed by atoms with Crippen LogP contribution >= 0.6 is 0 Å². The number of hydrogen-bond donors (Lipinski definition) is 2. The maximum Gasteiger partial charge on any atom is 0.0897 e. The quantitative estimate of drug-likeness (QED) is 0.619. The lowest BCUT2D eigenvalue weighted by Gasteiger charge is -2.22. The van der Waals surface area contributed by atoms with Gasteiger partial charge in [-0.1, -0.05) is 19.3 Å². The molecule has 0 saturated heterocycles. The van der Waals surface area contributed by atoms with E-state index in [4.69, 9.17) is 9.47 Å². The topological polar surface area (TPSA) is 50.7 Å². The van der Waals surface area contributed by atoms with E-state index in [1.807, 2.05) is 13.8 Å². The predicted octanol–water partition coefficient (Wildman–Crippen LogP) is 1.71. The molecule has 1 fully saturated rings. The summed E-state index contributed by atoms with van der Waals surface area (Å²) in [5.74, 6) is 0. The Kier molecular flexibility index (Phi) is 8.59. The summed E-state index contributed by atoms with van der Waals surface area (Å²) in [6, 6.07) is 0. The first-order valence-corrected chi connectivity index (χ1v) is 7.30. The number of hydrogen-bond acceptors (Lipinski definition) is 4. The monoisotopic (exact) mass is 259 g/mol. The highest BCUT2D eigenvalue weighted by Crippen LogP contribution is 2.19. The van der Waals surface area contributed by atoms with Gasteiger partial charge in [0.2, 0.25) is 0 Å². The molecule has 0 amide bonds. The molecular formula is C14H29NO3. The van der Waals surface area contributed by atoms with Gasteiger partial charge in [0.05, 0.1) is 31.5 Å². The van der Waals surface area contributed by atoms with Crippen LogP contribution in [0.1, 0.15) is 46.0 Å². The second-order valence-corrected chi connectivity index (χ2v) is 5.37. The van der Waals surface area contributed by atoms with Crippen molar-refractivity contribution in [3.8, 4) is 0 Å². The molecule has 1 aliphatic rings. The summed E-state index contributed by atoms with van der Waals surface area (Å²) in [7, 11) is 0. The van der Waals surface area contributed by atoms with Gasteiger partial charge in [-0.25, -0.2) is 0 Å². The summed E-state index contributed by atoms with van der Waals surface area (Å²) < 4.78 is 11.1. The van der Waals surface area contributed by atoms with Crippen LogP contribution in [0.5, 0.6) is 0 Å². The maximum atomic E-state index is 9.62. The lowest BCUT2D eigenvalue weighted by atomic mass is 9.98. The van der Waals surface area contributed by atoms with Crippen molar-refractivity contribution in [3.05, 3.63) is 0 Å². The van der Waals surface area contributed by atoms with Crippen molar-refractivity contribution < 1.29 is 14.6 Å². The molecule has 18 heavy (non-hydrogen) atoms. The third-order valence-electron chi connectivity index (χ3n) is 3.19. The normalized spacial score (nSPS) is 19.3. The first kappa shape index (κ1) is 15.9. The zero-order chi connectivity index (χ0) is 13.2. The highest BCUT2D eigenvalue weighted by molar-refractivity contribution is 4.65. The van der Waals surface area contributed by atoms with Crippen molar-refractivity contribution in [2.45, 2.75) is 64.3 Å². The first-order valence-electron chi connectivity index (χ1n) is 7.30. The molecule has 1 rings (SSSR count). The van der Waals surface area contributed by atoms with E-state index in [1.165, 1.54) is 32.1 Å². The van der Waals surface area contributed by atoms with E-state index in [2.05, 4.69) is 5.32 Å². The van der Waals surface area contributed by atoms with Crippen molar-refractivity contribution in [2.75, 3.05) is 26.3 Å². The summed E-state index contributed by atoms with van der Waals surface area (Å²) >= 11 is 0. The molecule has 0 heterocycles. The maximum absolute atomic E-state index is 9.62. The molecule has 0 aromatic heterocycles. The van der Waals surface area contributed by atoms with Crippen LogP contribution in [0.25, 0.3) is 0 Å². The molecule has 4 nitrogen and oxygen atoms in total. The third kappa shape index (κ3) is 8.03. The molecule has 1 saturated carbocycles. The Labute approximate surface area is 111 Å². The minimum Gasteiger partial charge on any atom is -0.389 e. The second kappa shape index (κ2) is 9.73. The van der Waals surface area contributed by atoms with Crippen LogP contribution in [0, 0.1) is 0 Å². The van der Waals surface area contributed by atoms with Crippen LogP contribution in [0.3, 0.4) is 0 Å². The molecule has 1 atom stereocenters. The fraction of sp³-hybridized carbons (Fsp3) is 1.00. The van der Waals surface area contributed by atoms with Gasteiger partial charge in [0, 0.05) is 13.1 Å². The smallest absolute Gasteiger partial charge is 0.0897 e. The number of rotatable bonds is 9. The van der Waals surface area contributed by atoms with Gasteiger partial charge in [0.15, 0.2) is 0 Å². The molecule has 0 aromatic carbocycles. The van der Waals surface area contributed by atoms with E-state index in [-0.39, 0.29) is 6.10 Å². The molecule has 2 N–H and O–H groups in total. The summed E-state index contributed by atoms with van der Waals surface area (Å²) in [6.07, 6.45) is 6.62. The first-order chi connectivity index (χ1) is 8.68. The van der Waals surface area contributed by atoms with Crippen molar-refractivity contribution in [3.63, 3.8) is 0 Å². The van der Waals surface area contributed by atoms with E-state index in [9.17, 15) is 5.11 Å². The van der Waals surface area contributed by atoms with Gasteiger partial charge >= 0.3 is 0 Å². The zero-order valence-electron chi connectivity index (χ0n) is 11.9. The number of aliphatic hydroxyl groups excluding tert-OH is 1. The van der Waals surface area contributed by atoms with Gasteiger partial charge in [-0.05, 0) is 26.7 Å². The largest absolute Gasteiger partial charge is 0.389 e. The number of nitrogens with one attached hydrogen (secondary N) is 1. The Morgan fingerprint density at radius 2 is 1.94 bits per heavy atom. The molecule has 0 aromatic rings. The van der Waals surface area contributed by atoms with Crippen LogP contribution in [0.15, 0.2) is 0 Å². The van der Waals surface area contributed by atoms with Gasteiger partial charge in [0.25, 0.3) is 0 Å². The Bertz CT molecular complexity index is 193. The molecular weight excluding hydrogens is 230 g/mol. The van der Waals surface area contributed by atoms with Crippen molar-refractivity contribution >= 4 is 0 Å². The Morgan fingerprint density at radius 1 is 1.22 bits per heavy atom. The fourth-order valence-corrected chi connectivity index (χ4v) is 2.16. The summed E-state index contributed by atoms with van der Waals surface area (Å²) in [5.41, 5.74) is 0. The minimum absolute atomic E-state index is 0.175. The molecule has 0 aliphatic heterocycles. The molecule has 0 spiro atoms. The fourth-order valence-electron chi connectivity index (χ4n) is 2.16. The lowest BCUT2D eigenvalue weighted by Crippen LogP contribution is -2.33. The van der Waals surface area contributed by atoms with Crippen molar-refractivity contribution in [1.82, 2.24) is 5.32 Å². The van der Waals surface area contributed by atoms with Crippen LogP contribution in [-0.4, -0.2) is 49.7 Å². The van der Waals surface area contributed by atoms with E-state index >= 15 is 0 Å². The highest BCUT2D eigenvalue weighted by Gasteiger charge is 2.13. The van der Waals surface area contributed by atoms with Gasteiger partial charge in [0.1, 0.15) is 0 Å². The summed E-state index contributed by atoms with van der Waals surface area (Å²) in [5, 5.41) is 12.8. The molecule has 108 valence electrons. The van der Waals surface area contributed by atoms with Gasteiger partial charge in [-0.2, -0.15) is 0 Å². The molecule has 0 bridgehead atoms. The zero-order valence-corrected chi connectivity index (χ0v) is 11.9. The Balaban J connectivity index is 1.88. The SMILES string of the molecule is CC(C)OCC(O)CNCCOC1CCCCC1.